The summed E-state index contributed by atoms with van der Waals surface area (Å²) in [5.41, 5.74) is 1.89. The van der Waals surface area contributed by atoms with Crippen LogP contribution in [0.4, 0.5) is 0 Å². The number of nitrogens with zero attached hydrogens (tertiary/aromatic N) is 3. The average Bonchev–Trinajstić information content (AvgIpc) is 3.11. The van der Waals surface area contributed by atoms with E-state index in [0.717, 1.165) is 30.1 Å². The molecule has 0 aliphatic carbocycles. The van der Waals surface area contributed by atoms with Crippen molar-refractivity contribution in [1.82, 2.24) is 20.0 Å². The lowest BCUT2D eigenvalue weighted by molar-refractivity contribution is -0.133. The van der Waals surface area contributed by atoms with E-state index in [1.54, 1.807) is 22.9 Å². The molecule has 2 heterocycles. The molecule has 1 fully saturated rings. The normalized spacial score (nSPS) is 17.3. The maximum atomic E-state index is 12.4. The van der Waals surface area contributed by atoms with E-state index in [2.05, 4.69) is 10.4 Å². The molecule has 0 radical (unpaired) electrons. The van der Waals surface area contributed by atoms with Gasteiger partial charge >= 0.3 is 0 Å². The lowest BCUT2D eigenvalue weighted by Gasteiger charge is -2.25. The van der Waals surface area contributed by atoms with Gasteiger partial charge in [0.15, 0.2) is 0 Å². The second kappa shape index (κ2) is 8.13. The Morgan fingerprint density at radius 3 is 3.16 bits per heavy atom. The molecule has 7 nitrogen and oxygen atoms in total. The summed E-state index contributed by atoms with van der Waals surface area (Å²) < 4.78 is 12.6. The smallest absolute Gasteiger partial charge is 0.225 e. The van der Waals surface area contributed by atoms with Crippen molar-refractivity contribution in [2.45, 2.75) is 19.1 Å². The van der Waals surface area contributed by atoms with Crippen molar-refractivity contribution in [2.75, 3.05) is 33.9 Å². The van der Waals surface area contributed by atoms with E-state index in [0.29, 0.717) is 19.6 Å². The lowest BCUT2D eigenvalue weighted by Crippen LogP contribution is -2.41. The molecule has 0 unspecified atom stereocenters. The van der Waals surface area contributed by atoms with Gasteiger partial charge in [0.25, 0.3) is 0 Å². The first kappa shape index (κ1) is 17.4. The topological polar surface area (TPSA) is 68.6 Å². The summed E-state index contributed by atoms with van der Waals surface area (Å²) in [4.78, 5) is 14.1. The van der Waals surface area contributed by atoms with E-state index in [9.17, 15) is 4.79 Å². The molecule has 1 aromatic carbocycles. The van der Waals surface area contributed by atoms with E-state index in [1.807, 2.05) is 37.5 Å². The number of hydrogen-bond donors (Lipinski definition) is 1. The van der Waals surface area contributed by atoms with E-state index >= 15 is 0 Å². The van der Waals surface area contributed by atoms with Gasteiger partial charge in [-0.05, 0) is 12.1 Å². The Labute approximate surface area is 147 Å². The maximum Gasteiger partial charge on any atom is 0.225 e. The molecular formula is C18H24N4O3. The van der Waals surface area contributed by atoms with Gasteiger partial charge in [-0.15, -0.1) is 0 Å². The summed E-state index contributed by atoms with van der Waals surface area (Å²) >= 11 is 0. The van der Waals surface area contributed by atoms with Crippen LogP contribution in [0, 0.1) is 0 Å². The molecule has 134 valence electrons. The Morgan fingerprint density at radius 1 is 1.52 bits per heavy atom. The standard InChI is InChI=1S/C18H24N4O3/c1-21(18(23)9-17-11-19-6-7-25-17)12-14-10-20-22(13-14)15-4-3-5-16(8-15)24-2/h3-5,8,10,13,17,19H,6-7,9,11-12H2,1-2H3/t17-/m0/s1. The van der Waals surface area contributed by atoms with Crippen LogP contribution in [-0.2, 0) is 16.1 Å². The quantitative estimate of drug-likeness (QED) is 0.853. The second-order valence-electron chi connectivity index (χ2n) is 6.15. The summed E-state index contributed by atoms with van der Waals surface area (Å²) in [6.45, 7) is 2.76. The van der Waals surface area contributed by atoms with Gasteiger partial charge < -0.3 is 19.7 Å². The van der Waals surface area contributed by atoms with Crippen molar-refractivity contribution in [3.63, 3.8) is 0 Å². The number of morpholine rings is 1. The molecule has 0 saturated carbocycles. The van der Waals surface area contributed by atoms with Gasteiger partial charge in [0.1, 0.15) is 5.75 Å². The lowest BCUT2D eigenvalue weighted by atomic mass is 10.2. The molecule has 1 aliphatic heterocycles. The highest BCUT2D eigenvalue weighted by Crippen LogP contribution is 2.17. The van der Waals surface area contributed by atoms with E-state index in [1.165, 1.54) is 0 Å². The van der Waals surface area contributed by atoms with E-state index in [4.69, 9.17) is 9.47 Å². The number of amides is 1. The number of hydrogen-bond acceptors (Lipinski definition) is 5. The third-order valence-electron chi connectivity index (χ3n) is 4.21. The highest BCUT2D eigenvalue weighted by molar-refractivity contribution is 5.76. The number of methoxy groups -OCH3 is 1. The van der Waals surface area contributed by atoms with Crippen LogP contribution in [0.1, 0.15) is 12.0 Å². The van der Waals surface area contributed by atoms with Gasteiger partial charge in [0.2, 0.25) is 5.91 Å². The molecule has 0 spiro atoms. The van der Waals surface area contributed by atoms with Crippen molar-refractivity contribution in [1.29, 1.82) is 0 Å². The highest BCUT2D eigenvalue weighted by atomic mass is 16.5. The Bertz CT molecular complexity index is 710. The van der Waals surface area contributed by atoms with Crippen molar-refractivity contribution >= 4 is 5.91 Å². The van der Waals surface area contributed by atoms with Gasteiger partial charge in [0, 0.05) is 44.5 Å². The van der Waals surface area contributed by atoms with Crippen molar-refractivity contribution < 1.29 is 14.3 Å². The molecule has 0 bridgehead atoms. The zero-order valence-corrected chi connectivity index (χ0v) is 14.6. The molecule has 1 saturated heterocycles. The number of benzene rings is 1. The third kappa shape index (κ3) is 4.58. The predicted molar refractivity (Wildman–Crippen MR) is 93.8 cm³/mol. The van der Waals surface area contributed by atoms with Crippen LogP contribution in [0.25, 0.3) is 5.69 Å². The van der Waals surface area contributed by atoms with Crippen LogP contribution in [0.2, 0.25) is 0 Å². The summed E-state index contributed by atoms with van der Waals surface area (Å²) in [6.07, 6.45) is 4.07. The Morgan fingerprint density at radius 2 is 2.40 bits per heavy atom. The van der Waals surface area contributed by atoms with Crippen LogP contribution in [0.3, 0.4) is 0 Å². The molecule has 1 aromatic heterocycles. The predicted octanol–water partition coefficient (Wildman–Crippen LogP) is 1.22. The first-order valence-corrected chi connectivity index (χ1v) is 8.40. The minimum absolute atomic E-state index is 0.0387. The summed E-state index contributed by atoms with van der Waals surface area (Å²) in [7, 11) is 3.45. The van der Waals surface area contributed by atoms with Crippen LogP contribution in [-0.4, -0.2) is 60.5 Å². The largest absolute Gasteiger partial charge is 0.497 e. The number of nitrogens with one attached hydrogen (secondary N) is 1. The summed E-state index contributed by atoms with van der Waals surface area (Å²) in [5, 5.41) is 7.62. The molecule has 1 amide bonds. The molecular weight excluding hydrogens is 320 g/mol. The molecule has 7 heteroatoms. The summed E-state index contributed by atoms with van der Waals surface area (Å²) in [5.74, 6) is 0.853. The van der Waals surface area contributed by atoms with Gasteiger partial charge in [-0.1, -0.05) is 6.07 Å². The minimum atomic E-state index is -0.0387. The molecule has 1 N–H and O–H groups in total. The highest BCUT2D eigenvalue weighted by Gasteiger charge is 2.20. The van der Waals surface area contributed by atoms with Gasteiger partial charge in [0.05, 0.1) is 38.1 Å². The van der Waals surface area contributed by atoms with Crippen LogP contribution >= 0.6 is 0 Å². The van der Waals surface area contributed by atoms with Gasteiger partial charge in [-0.25, -0.2) is 4.68 Å². The zero-order chi connectivity index (χ0) is 17.6. The zero-order valence-electron chi connectivity index (χ0n) is 14.6. The Kier molecular flexibility index (Phi) is 5.67. The fourth-order valence-electron chi connectivity index (χ4n) is 2.80. The molecule has 1 atom stereocenters. The maximum absolute atomic E-state index is 12.4. The molecule has 25 heavy (non-hydrogen) atoms. The Hall–Kier alpha value is -2.38. The molecule has 2 aromatic rings. The first-order valence-electron chi connectivity index (χ1n) is 8.40. The number of ether oxygens (including phenoxy) is 2. The van der Waals surface area contributed by atoms with Crippen LogP contribution in [0.15, 0.2) is 36.7 Å². The van der Waals surface area contributed by atoms with Crippen LogP contribution in [0.5, 0.6) is 5.75 Å². The third-order valence-corrected chi connectivity index (χ3v) is 4.21. The minimum Gasteiger partial charge on any atom is -0.497 e. The second-order valence-corrected chi connectivity index (χ2v) is 6.15. The van der Waals surface area contributed by atoms with E-state index < -0.39 is 0 Å². The summed E-state index contributed by atoms with van der Waals surface area (Å²) in [6, 6.07) is 7.69. The number of carbonyl (C=O) groups is 1. The van der Waals surface area contributed by atoms with Gasteiger partial charge in [-0.2, -0.15) is 5.10 Å². The monoisotopic (exact) mass is 344 g/mol. The Balaban J connectivity index is 1.59. The number of aromatic nitrogens is 2. The van der Waals surface area contributed by atoms with E-state index in [-0.39, 0.29) is 12.0 Å². The fourth-order valence-corrected chi connectivity index (χ4v) is 2.80. The van der Waals surface area contributed by atoms with Gasteiger partial charge in [-0.3, -0.25) is 4.79 Å². The molecule has 1 aliphatic rings. The molecule has 3 rings (SSSR count). The van der Waals surface area contributed by atoms with Crippen LogP contribution < -0.4 is 10.1 Å². The number of rotatable bonds is 6. The first-order chi connectivity index (χ1) is 12.2. The SMILES string of the molecule is COc1cccc(-n2cc(CN(C)C(=O)C[C@H]3CNCCO3)cn2)c1. The fraction of sp³-hybridized carbons (Fsp3) is 0.444. The average molecular weight is 344 g/mol. The van der Waals surface area contributed by atoms with Crippen molar-refractivity contribution in [3.05, 3.63) is 42.2 Å². The van der Waals surface area contributed by atoms with Crippen molar-refractivity contribution in [3.8, 4) is 11.4 Å². The van der Waals surface area contributed by atoms with Crippen molar-refractivity contribution in [2.24, 2.45) is 0 Å². The number of carbonyl (C=O) groups excluding carboxylic acids is 1.